The number of rotatable bonds is 6. The molecule has 1 N–H and O–H groups in total. The number of carbonyl (C=O) groups excluding carboxylic acids is 1. The summed E-state index contributed by atoms with van der Waals surface area (Å²) >= 11 is 1.50. The first-order chi connectivity index (χ1) is 10.9. The van der Waals surface area contributed by atoms with E-state index in [-0.39, 0.29) is 11.8 Å². The van der Waals surface area contributed by atoms with Crippen LogP contribution in [0.2, 0.25) is 0 Å². The lowest BCUT2D eigenvalue weighted by atomic mass is 10.00. The highest BCUT2D eigenvalue weighted by atomic mass is 32.1. The summed E-state index contributed by atoms with van der Waals surface area (Å²) in [6.07, 6.45) is 0.621. The smallest absolute Gasteiger partial charge is 0.229 e. The number of amides is 1. The Balaban J connectivity index is 2.03. The summed E-state index contributed by atoms with van der Waals surface area (Å²) in [5, 5.41) is 3.54. The summed E-state index contributed by atoms with van der Waals surface area (Å²) in [5.74, 6) is 1.15. The van der Waals surface area contributed by atoms with Crippen LogP contribution in [0.3, 0.4) is 0 Å². The van der Waals surface area contributed by atoms with Crippen LogP contribution < -0.4 is 14.8 Å². The van der Waals surface area contributed by atoms with Crippen molar-refractivity contribution in [1.82, 2.24) is 4.98 Å². The van der Waals surface area contributed by atoms with Crippen LogP contribution in [0, 0.1) is 19.8 Å². The van der Waals surface area contributed by atoms with Crippen molar-refractivity contribution in [2.24, 2.45) is 5.92 Å². The van der Waals surface area contributed by atoms with Crippen molar-refractivity contribution in [2.45, 2.75) is 27.2 Å². The maximum atomic E-state index is 12.3. The molecule has 0 bridgehead atoms. The molecule has 2 aromatic rings. The van der Waals surface area contributed by atoms with Crippen LogP contribution in [0.15, 0.2) is 18.2 Å². The molecule has 0 aliphatic heterocycles. The molecule has 0 saturated heterocycles. The van der Waals surface area contributed by atoms with E-state index in [2.05, 4.69) is 10.3 Å². The summed E-state index contributed by atoms with van der Waals surface area (Å²) in [6.45, 7) is 5.84. The minimum Gasteiger partial charge on any atom is -0.493 e. The lowest BCUT2D eigenvalue weighted by Gasteiger charge is -2.13. The van der Waals surface area contributed by atoms with Crippen LogP contribution in [0.1, 0.15) is 23.1 Å². The fraction of sp³-hybridized carbons (Fsp3) is 0.412. The van der Waals surface area contributed by atoms with E-state index >= 15 is 0 Å². The third-order valence-electron chi connectivity index (χ3n) is 3.70. The molecule has 0 radical (unpaired) electrons. The highest BCUT2D eigenvalue weighted by molar-refractivity contribution is 7.15. The van der Waals surface area contributed by atoms with E-state index in [1.165, 1.54) is 11.3 Å². The Kier molecular flexibility index (Phi) is 5.60. The Labute approximate surface area is 140 Å². The minimum atomic E-state index is -0.169. The van der Waals surface area contributed by atoms with Gasteiger partial charge in [0.25, 0.3) is 0 Å². The third kappa shape index (κ3) is 4.22. The minimum absolute atomic E-state index is 0.0338. The van der Waals surface area contributed by atoms with Gasteiger partial charge in [-0.05, 0) is 38.0 Å². The number of nitrogens with one attached hydrogen (secondary N) is 1. The quantitative estimate of drug-likeness (QED) is 0.877. The van der Waals surface area contributed by atoms with E-state index in [1.54, 1.807) is 14.2 Å². The van der Waals surface area contributed by atoms with Crippen molar-refractivity contribution in [3.05, 3.63) is 34.3 Å². The Morgan fingerprint density at radius 3 is 2.52 bits per heavy atom. The van der Waals surface area contributed by atoms with Gasteiger partial charge in [-0.15, -0.1) is 11.3 Å². The monoisotopic (exact) mass is 334 g/mol. The maximum absolute atomic E-state index is 12.3. The average Bonchev–Trinajstić information content (AvgIpc) is 2.84. The Bertz CT molecular complexity index is 678. The molecule has 1 amide bonds. The summed E-state index contributed by atoms with van der Waals surface area (Å²) in [7, 11) is 3.20. The van der Waals surface area contributed by atoms with Gasteiger partial charge < -0.3 is 14.8 Å². The summed E-state index contributed by atoms with van der Waals surface area (Å²) in [6, 6.07) is 5.70. The molecule has 0 fully saturated rings. The van der Waals surface area contributed by atoms with Gasteiger partial charge >= 0.3 is 0 Å². The van der Waals surface area contributed by atoms with Crippen LogP contribution in [-0.4, -0.2) is 25.1 Å². The molecule has 1 aromatic carbocycles. The molecule has 0 aliphatic carbocycles. The molecule has 5 nitrogen and oxygen atoms in total. The fourth-order valence-electron chi connectivity index (χ4n) is 2.21. The van der Waals surface area contributed by atoms with E-state index in [4.69, 9.17) is 9.47 Å². The molecule has 1 unspecified atom stereocenters. The number of aromatic nitrogens is 1. The Morgan fingerprint density at radius 1 is 1.26 bits per heavy atom. The predicted molar refractivity (Wildman–Crippen MR) is 92.6 cm³/mol. The second-order valence-corrected chi connectivity index (χ2v) is 6.65. The Hall–Kier alpha value is -2.08. The molecule has 1 atom stereocenters. The molecule has 0 aliphatic rings. The van der Waals surface area contributed by atoms with Gasteiger partial charge in [-0.2, -0.15) is 0 Å². The normalized spacial score (nSPS) is 11.9. The van der Waals surface area contributed by atoms with Gasteiger partial charge in [-0.25, -0.2) is 4.98 Å². The predicted octanol–water partition coefficient (Wildman–Crippen LogP) is 3.59. The average molecular weight is 334 g/mol. The van der Waals surface area contributed by atoms with Gasteiger partial charge in [0.05, 0.1) is 19.9 Å². The molecular formula is C17H22N2O3S. The fourth-order valence-corrected chi connectivity index (χ4v) is 3.03. The zero-order valence-electron chi connectivity index (χ0n) is 14.1. The first-order valence-corrected chi connectivity index (χ1v) is 8.22. The van der Waals surface area contributed by atoms with Crippen LogP contribution in [0.25, 0.3) is 0 Å². The molecule has 23 heavy (non-hydrogen) atoms. The van der Waals surface area contributed by atoms with E-state index in [0.717, 1.165) is 16.1 Å². The summed E-state index contributed by atoms with van der Waals surface area (Å²) in [4.78, 5) is 17.8. The number of anilines is 1. The number of thiazole rings is 1. The van der Waals surface area contributed by atoms with Crippen molar-refractivity contribution in [3.8, 4) is 11.5 Å². The number of benzene rings is 1. The molecule has 1 heterocycles. The lowest BCUT2D eigenvalue weighted by molar-refractivity contribution is -0.119. The Morgan fingerprint density at radius 2 is 1.96 bits per heavy atom. The molecule has 6 heteroatoms. The number of hydrogen-bond donors (Lipinski definition) is 1. The molecular weight excluding hydrogens is 312 g/mol. The van der Waals surface area contributed by atoms with E-state index in [9.17, 15) is 4.79 Å². The van der Waals surface area contributed by atoms with E-state index in [0.29, 0.717) is 23.1 Å². The van der Waals surface area contributed by atoms with Crippen molar-refractivity contribution in [3.63, 3.8) is 0 Å². The van der Waals surface area contributed by atoms with Gasteiger partial charge in [-0.1, -0.05) is 13.0 Å². The van der Waals surface area contributed by atoms with Gasteiger partial charge in [0.2, 0.25) is 5.91 Å². The molecule has 2 rings (SSSR count). The SMILES string of the molecule is COc1ccc(CC(C)C(=O)Nc2nc(C)c(C)s2)cc1OC. The number of nitrogens with zero attached hydrogens (tertiary/aromatic N) is 1. The molecule has 0 spiro atoms. The third-order valence-corrected chi connectivity index (χ3v) is 4.68. The maximum Gasteiger partial charge on any atom is 0.229 e. The zero-order valence-corrected chi connectivity index (χ0v) is 14.9. The van der Waals surface area contributed by atoms with Gasteiger partial charge in [-0.3, -0.25) is 4.79 Å². The second-order valence-electron chi connectivity index (χ2n) is 5.44. The standard InChI is InChI=1S/C17H22N2O3S/c1-10(16(20)19-17-18-11(2)12(3)23-17)8-13-6-7-14(21-4)15(9-13)22-5/h6-7,9-10H,8H2,1-5H3,(H,18,19,20). The largest absolute Gasteiger partial charge is 0.493 e. The number of methoxy groups -OCH3 is 2. The number of hydrogen-bond acceptors (Lipinski definition) is 5. The number of carbonyl (C=O) groups is 1. The summed E-state index contributed by atoms with van der Waals surface area (Å²) in [5.41, 5.74) is 1.98. The van der Waals surface area contributed by atoms with Crippen LogP contribution in [-0.2, 0) is 11.2 Å². The van der Waals surface area contributed by atoms with Crippen LogP contribution in [0.5, 0.6) is 11.5 Å². The van der Waals surface area contributed by atoms with Crippen LogP contribution in [0.4, 0.5) is 5.13 Å². The topological polar surface area (TPSA) is 60.5 Å². The molecule has 0 saturated carbocycles. The molecule has 1 aromatic heterocycles. The highest BCUT2D eigenvalue weighted by Crippen LogP contribution is 2.29. The summed E-state index contributed by atoms with van der Waals surface area (Å²) < 4.78 is 10.5. The van der Waals surface area contributed by atoms with Gasteiger partial charge in [0.15, 0.2) is 16.6 Å². The zero-order chi connectivity index (χ0) is 17.0. The number of aryl methyl sites for hydroxylation is 2. The highest BCUT2D eigenvalue weighted by Gasteiger charge is 2.17. The second kappa shape index (κ2) is 7.46. The van der Waals surface area contributed by atoms with Crippen molar-refractivity contribution < 1.29 is 14.3 Å². The lowest BCUT2D eigenvalue weighted by Crippen LogP contribution is -2.22. The molecule has 124 valence electrons. The first-order valence-electron chi connectivity index (χ1n) is 7.40. The van der Waals surface area contributed by atoms with Crippen molar-refractivity contribution in [1.29, 1.82) is 0 Å². The van der Waals surface area contributed by atoms with Crippen molar-refractivity contribution in [2.75, 3.05) is 19.5 Å². The van der Waals surface area contributed by atoms with Crippen molar-refractivity contribution >= 4 is 22.4 Å². The van der Waals surface area contributed by atoms with E-state index in [1.807, 2.05) is 39.0 Å². The van der Waals surface area contributed by atoms with Gasteiger partial charge in [0, 0.05) is 10.8 Å². The number of ether oxygens (including phenoxy) is 2. The van der Waals surface area contributed by atoms with E-state index < -0.39 is 0 Å². The van der Waals surface area contributed by atoms with Crippen LogP contribution >= 0.6 is 11.3 Å². The first kappa shape index (κ1) is 17.3. The van der Waals surface area contributed by atoms with Gasteiger partial charge in [0.1, 0.15) is 0 Å².